The Morgan fingerprint density at radius 3 is 2.88 bits per heavy atom. The van der Waals surface area contributed by atoms with Crippen LogP contribution in [0.5, 0.6) is 0 Å². The molecule has 2 heterocycles. The molecule has 24 heavy (non-hydrogen) atoms. The summed E-state index contributed by atoms with van der Waals surface area (Å²) in [5.41, 5.74) is 1.91. The second-order valence-electron chi connectivity index (χ2n) is 7.70. The standard InChI is InChI=1S/C19H25N3OS/c20-10-16-15-6-3-7-17(15)24-19(16)21-18(23)12-22-9-8-13-4-1-2-5-14(13)11-22/h13-14H,1-9,11-12H2,(H,21,23)/p+1/t13-,14-/m1/s1. The third-order valence-corrected chi connectivity index (χ3v) is 7.39. The monoisotopic (exact) mass is 344 g/mol. The largest absolute Gasteiger partial charge is 0.327 e. The Bertz CT molecular complexity index is 675. The number of nitrogens with zero attached hydrogens (tertiary/aromatic N) is 1. The Kier molecular flexibility index (Phi) is 4.60. The Morgan fingerprint density at radius 1 is 1.21 bits per heavy atom. The van der Waals surface area contributed by atoms with Gasteiger partial charge in [-0.25, -0.2) is 0 Å². The Balaban J connectivity index is 1.37. The summed E-state index contributed by atoms with van der Waals surface area (Å²) >= 11 is 1.62. The van der Waals surface area contributed by atoms with Crippen molar-refractivity contribution in [3.63, 3.8) is 0 Å². The maximum Gasteiger partial charge on any atom is 0.280 e. The number of quaternary nitrogens is 1. The van der Waals surface area contributed by atoms with Gasteiger partial charge in [0.25, 0.3) is 5.91 Å². The summed E-state index contributed by atoms with van der Waals surface area (Å²) in [6.07, 6.45) is 10.00. The highest BCUT2D eigenvalue weighted by Gasteiger charge is 2.34. The van der Waals surface area contributed by atoms with Crippen molar-refractivity contribution in [2.75, 3.05) is 25.0 Å². The molecule has 1 aromatic rings. The summed E-state index contributed by atoms with van der Waals surface area (Å²) in [7, 11) is 0. The van der Waals surface area contributed by atoms with E-state index in [0.717, 1.165) is 54.8 Å². The lowest BCUT2D eigenvalue weighted by atomic mass is 9.75. The van der Waals surface area contributed by atoms with E-state index in [1.807, 2.05) is 0 Å². The van der Waals surface area contributed by atoms with Crippen LogP contribution in [0.1, 0.15) is 54.5 Å². The molecule has 4 rings (SSSR count). The first-order valence-electron chi connectivity index (χ1n) is 9.42. The number of rotatable bonds is 3. The van der Waals surface area contributed by atoms with Gasteiger partial charge in [-0.05, 0) is 50.0 Å². The summed E-state index contributed by atoms with van der Waals surface area (Å²) < 4.78 is 0. The van der Waals surface area contributed by atoms with Gasteiger partial charge in [0.05, 0.1) is 18.7 Å². The lowest BCUT2D eigenvalue weighted by Crippen LogP contribution is -3.15. The molecule has 1 saturated carbocycles. The highest BCUT2D eigenvalue weighted by atomic mass is 32.1. The fourth-order valence-corrected chi connectivity index (χ4v) is 6.22. The molecule has 0 spiro atoms. The van der Waals surface area contributed by atoms with E-state index < -0.39 is 0 Å². The number of likely N-dealkylation sites (tertiary alicyclic amines) is 1. The molecule has 3 atom stereocenters. The predicted molar refractivity (Wildman–Crippen MR) is 95.3 cm³/mol. The predicted octanol–water partition coefficient (Wildman–Crippen LogP) is 2.14. The normalized spacial score (nSPS) is 28.7. The van der Waals surface area contributed by atoms with E-state index in [9.17, 15) is 10.1 Å². The maximum absolute atomic E-state index is 12.5. The second kappa shape index (κ2) is 6.85. The van der Waals surface area contributed by atoms with E-state index in [4.69, 9.17) is 0 Å². The number of carbonyl (C=O) groups excluding carboxylic acids is 1. The van der Waals surface area contributed by atoms with Crippen LogP contribution in [0.4, 0.5) is 5.00 Å². The maximum atomic E-state index is 12.5. The van der Waals surface area contributed by atoms with Gasteiger partial charge in [0.2, 0.25) is 0 Å². The van der Waals surface area contributed by atoms with Crippen molar-refractivity contribution in [2.45, 2.75) is 51.4 Å². The fourth-order valence-electron chi connectivity index (χ4n) is 4.96. The molecule has 4 nitrogen and oxygen atoms in total. The molecule has 0 bridgehead atoms. The Hall–Kier alpha value is -1.38. The number of nitrogens with one attached hydrogen (secondary N) is 2. The van der Waals surface area contributed by atoms with Crippen LogP contribution in [0.3, 0.4) is 0 Å². The zero-order valence-electron chi connectivity index (χ0n) is 14.2. The minimum Gasteiger partial charge on any atom is -0.327 e. The van der Waals surface area contributed by atoms with Crippen LogP contribution in [-0.2, 0) is 17.6 Å². The number of nitriles is 1. The number of fused-ring (bicyclic) bond motifs is 2. The van der Waals surface area contributed by atoms with E-state index in [-0.39, 0.29) is 5.91 Å². The van der Waals surface area contributed by atoms with Crippen molar-refractivity contribution in [1.82, 2.24) is 0 Å². The van der Waals surface area contributed by atoms with Gasteiger partial charge in [0.1, 0.15) is 11.1 Å². The molecule has 1 saturated heterocycles. The number of hydrogen-bond acceptors (Lipinski definition) is 3. The second-order valence-corrected chi connectivity index (χ2v) is 8.80. The number of hydrogen-bond donors (Lipinski definition) is 2. The van der Waals surface area contributed by atoms with Crippen LogP contribution >= 0.6 is 11.3 Å². The zero-order chi connectivity index (χ0) is 16.5. The van der Waals surface area contributed by atoms with Crippen LogP contribution in [0, 0.1) is 23.2 Å². The van der Waals surface area contributed by atoms with Gasteiger partial charge < -0.3 is 10.2 Å². The van der Waals surface area contributed by atoms with Crippen molar-refractivity contribution in [2.24, 2.45) is 11.8 Å². The molecule has 2 aliphatic carbocycles. The lowest BCUT2D eigenvalue weighted by Gasteiger charge is -2.38. The molecule has 2 fully saturated rings. The topological polar surface area (TPSA) is 57.3 Å². The van der Waals surface area contributed by atoms with Crippen molar-refractivity contribution >= 4 is 22.2 Å². The summed E-state index contributed by atoms with van der Waals surface area (Å²) in [5.74, 6) is 1.82. The Morgan fingerprint density at radius 2 is 2.04 bits per heavy atom. The van der Waals surface area contributed by atoms with Gasteiger partial charge in [-0.2, -0.15) is 5.26 Å². The molecule has 1 aromatic heterocycles. The SMILES string of the molecule is N#Cc1c(NC(=O)C[NH+]2CC[C@H]3CCCC[C@@H]3C2)sc2c1CCC2. The van der Waals surface area contributed by atoms with Crippen LogP contribution in [-0.4, -0.2) is 25.5 Å². The number of anilines is 1. The van der Waals surface area contributed by atoms with Gasteiger partial charge in [0.15, 0.2) is 6.54 Å². The fraction of sp³-hybridized carbons (Fsp3) is 0.684. The van der Waals surface area contributed by atoms with Crippen molar-refractivity contribution in [3.8, 4) is 6.07 Å². The molecule has 1 unspecified atom stereocenters. The zero-order valence-corrected chi connectivity index (χ0v) is 15.0. The van der Waals surface area contributed by atoms with Gasteiger partial charge in [-0.1, -0.05) is 12.8 Å². The minimum atomic E-state index is 0.0793. The summed E-state index contributed by atoms with van der Waals surface area (Å²) in [4.78, 5) is 15.2. The van der Waals surface area contributed by atoms with Gasteiger partial charge >= 0.3 is 0 Å². The van der Waals surface area contributed by atoms with E-state index in [0.29, 0.717) is 6.54 Å². The first-order valence-corrected chi connectivity index (χ1v) is 10.2. The lowest BCUT2D eigenvalue weighted by molar-refractivity contribution is -0.902. The van der Waals surface area contributed by atoms with E-state index in [1.54, 1.807) is 11.3 Å². The number of amides is 1. The van der Waals surface area contributed by atoms with Gasteiger partial charge in [-0.15, -0.1) is 11.3 Å². The van der Waals surface area contributed by atoms with Crippen molar-refractivity contribution < 1.29 is 9.69 Å². The van der Waals surface area contributed by atoms with Crippen LogP contribution in [0.2, 0.25) is 0 Å². The molecular weight excluding hydrogens is 318 g/mol. The van der Waals surface area contributed by atoms with E-state index in [2.05, 4.69) is 11.4 Å². The van der Waals surface area contributed by atoms with Crippen LogP contribution in [0.15, 0.2) is 0 Å². The summed E-state index contributed by atoms with van der Waals surface area (Å²) in [5, 5.41) is 13.3. The van der Waals surface area contributed by atoms with Crippen LogP contribution < -0.4 is 10.2 Å². The van der Waals surface area contributed by atoms with Gasteiger partial charge in [-0.3, -0.25) is 4.79 Å². The molecule has 0 aromatic carbocycles. The third kappa shape index (κ3) is 3.10. The molecule has 3 aliphatic rings. The highest BCUT2D eigenvalue weighted by molar-refractivity contribution is 7.16. The number of piperidine rings is 1. The highest BCUT2D eigenvalue weighted by Crippen LogP contribution is 2.38. The quantitative estimate of drug-likeness (QED) is 0.883. The smallest absolute Gasteiger partial charge is 0.280 e. The summed E-state index contributed by atoms with van der Waals surface area (Å²) in [6.45, 7) is 2.83. The summed E-state index contributed by atoms with van der Waals surface area (Å²) in [6, 6.07) is 2.31. The minimum absolute atomic E-state index is 0.0793. The first kappa shape index (κ1) is 16.1. The molecule has 2 N–H and O–H groups in total. The number of carbonyl (C=O) groups is 1. The Labute approximate surface area is 147 Å². The molecule has 1 amide bonds. The first-order chi connectivity index (χ1) is 11.7. The molecule has 1 aliphatic heterocycles. The average molecular weight is 345 g/mol. The van der Waals surface area contributed by atoms with Crippen molar-refractivity contribution in [3.05, 3.63) is 16.0 Å². The van der Waals surface area contributed by atoms with Crippen molar-refractivity contribution in [1.29, 1.82) is 5.26 Å². The van der Waals surface area contributed by atoms with E-state index >= 15 is 0 Å². The average Bonchev–Trinajstić information content (AvgIpc) is 3.15. The van der Waals surface area contributed by atoms with E-state index in [1.165, 1.54) is 47.4 Å². The number of aryl methyl sites for hydroxylation is 1. The van der Waals surface area contributed by atoms with Gasteiger partial charge in [0, 0.05) is 10.8 Å². The molecule has 128 valence electrons. The number of thiophene rings is 1. The molecular formula is C19H26N3OS+. The molecule has 0 radical (unpaired) electrons. The van der Waals surface area contributed by atoms with Crippen LogP contribution in [0.25, 0.3) is 0 Å². The third-order valence-electron chi connectivity index (χ3n) is 6.18. The molecule has 5 heteroatoms.